The van der Waals surface area contributed by atoms with Crippen LogP contribution in [0.15, 0.2) is 113 Å². The van der Waals surface area contributed by atoms with Gasteiger partial charge in [-0.05, 0) is 42.5 Å². The number of ether oxygens (including phenoxy) is 2. The van der Waals surface area contributed by atoms with E-state index in [2.05, 4.69) is 10.5 Å². The second-order valence-corrected chi connectivity index (χ2v) is 10.5. The average Bonchev–Trinajstić information content (AvgIpc) is 2.96. The molecule has 4 aromatic carbocycles. The smallest absolute Gasteiger partial charge is 0.264 e. The molecule has 0 aliphatic heterocycles. The molecule has 1 N–H and O–H groups in total. The van der Waals surface area contributed by atoms with Crippen LogP contribution in [0.1, 0.15) is 11.1 Å². The van der Waals surface area contributed by atoms with E-state index in [9.17, 15) is 13.2 Å². The van der Waals surface area contributed by atoms with Crippen LogP contribution in [-0.4, -0.2) is 34.2 Å². The fourth-order valence-corrected chi connectivity index (χ4v) is 5.33. The second-order valence-electron chi connectivity index (χ2n) is 8.21. The summed E-state index contributed by atoms with van der Waals surface area (Å²) < 4.78 is 39.3. The molecule has 0 atom stereocenters. The third-order valence-electron chi connectivity index (χ3n) is 5.63. The van der Waals surface area contributed by atoms with Crippen molar-refractivity contribution < 1.29 is 22.7 Å². The van der Waals surface area contributed by atoms with Crippen LogP contribution in [-0.2, 0) is 21.4 Å². The predicted molar refractivity (Wildman–Crippen MR) is 152 cm³/mol. The number of benzene rings is 4. The minimum Gasteiger partial charge on any atom is -0.495 e. The fourth-order valence-electron chi connectivity index (χ4n) is 3.68. The van der Waals surface area contributed by atoms with E-state index < -0.39 is 22.5 Å². The van der Waals surface area contributed by atoms with Crippen LogP contribution in [0.25, 0.3) is 0 Å². The maximum absolute atomic E-state index is 13.5. The van der Waals surface area contributed by atoms with E-state index in [0.717, 1.165) is 9.87 Å². The lowest BCUT2D eigenvalue weighted by atomic mass is 10.2. The minimum atomic E-state index is -4.09. The van der Waals surface area contributed by atoms with E-state index in [-0.39, 0.29) is 17.2 Å². The van der Waals surface area contributed by atoms with Gasteiger partial charge in [0.2, 0.25) is 0 Å². The van der Waals surface area contributed by atoms with Crippen molar-refractivity contribution in [3.8, 4) is 11.5 Å². The highest BCUT2D eigenvalue weighted by molar-refractivity contribution is 7.92. The summed E-state index contributed by atoms with van der Waals surface area (Å²) in [5.74, 6) is 0.196. The summed E-state index contributed by atoms with van der Waals surface area (Å²) in [4.78, 5) is 12.9. The maximum atomic E-state index is 13.5. The molecule has 0 aromatic heterocycles. The number of hydrazone groups is 1. The molecule has 0 saturated heterocycles. The third kappa shape index (κ3) is 6.95. The van der Waals surface area contributed by atoms with Crippen LogP contribution in [0.3, 0.4) is 0 Å². The monoisotopic (exact) mass is 563 g/mol. The molecule has 0 aliphatic carbocycles. The molecule has 0 saturated carbocycles. The van der Waals surface area contributed by atoms with Crippen molar-refractivity contribution in [2.75, 3.05) is 18.0 Å². The number of sulfonamides is 1. The topological polar surface area (TPSA) is 97.3 Å². The highest BCUT2D eigenvalue weighted by Gasteiger charge is 2.29. The van der Waals surface area contributed by atoms with Gasteiger partial charge in [0.15, 0.2) is 0 Å². The molecular formula is C29H26ClN3O5S. The zero-order valence-corrected chi connectivity index (χ0v) is 22.6. The molecule has 4 rings (SSSR count). The molecule has 4 aromatic rings. The van der Waals surface area contributed by atoms with Crippen LogP contribution in [0.2, 0.25) is 5.02 Å². The van der Waals surface area contributed by atoms with E-state index in [0.29, 0.717) is 22.1 Å². The van der Waals surface area contributed by atoms with Crippen molar-refractivity contribution in [2.45, 2.75) is 11.5 Å². The normalized spacial score (nSPS) is 11.2. The first-order chi connectivity index (χ1) is 18.9. The number of nitrogens with one attached hydrogen (secondary N) is 1. The lowest BCUT2D eigenvalue weighted by molar-refractivity contribution is -0.119. The second kappa shape index (κ2) is 12.9. The van der Waals surface area contributed by atoms with Gasteiger partial charge < -0.3 is 9.47 Å². The first-order valence-corrected chi connectivity index (χ1v) is 13.7. The van der Waals surface area contributed by atoms with Crippen molar-refractivity contribution >= 4 is 39.4 Å². The van der Waals surface area contributed by atoms with Crippen molar-refractivity contribution in [3.05, 3.63) is 119 Å². The molecule has 0 radical (unpaired) electrons. The van der Waals surface area contributed by atoms with Crippen LogP contribution in [0.5, 0.6) is 11.5 Å². The molecule has 1 amide bonds. The van der Waals surface area contributed by atoms with Gasteiger partial charge in [0.05, 0.1) is 23.9 Å². The highest BCUT2D eigenvalue weighted by Crippen LogP contribution is 2.32. The number of rotatable bonds is 11. The summed E-state index contributed by atoms with van der Waals surface area (Å²) in [5, 5.41) is 4.63. The van der Waals surface area contributed by atoms with E-state index in [4.69, 9.17) is 21.1 Å². The summed E-state index contributed by atoms with van der Waals surface area (Å²) in [7, 11) is -2.66. The Kier molecular flexibility index (Phi) is 9.19. The lowest BCUT2D eigenvalue weighted by Crippen LogP contribution is -2.39. The fraction of sp³-hybridized carbons (Fsp3) is 0.103. The summed E-state index contributed by atoms with van der Waals surface area (Å²) >= 11 is 6.22. The number of nitrogens with zero attached hydrogens (tertiary/aromatic N) is 2. The number of carbonyl (C=O) groups is 1. The standard InChI is InChI=1S/C29H26ClN3O5S/c1-37-28-18-10-8-16-26(28)33(39(35,36)24-13-3-2-4-14-24)20-29(34)32-31-19-22-11-6-9-17-27(22)38-21-23-12-5-7-15-25(23)30/h2-19H,20-21H2,1H3,(H,32,34). The minimum absolute atomic E-state index is 0.0387. The molecule has 8 nitrogen and oxygen atoms in total. The van der Waals surface area contributed by atoms with Crippen molar-refractivity contribution in [1.29, 1.82) is 0 Å². The molecule has 0 spiro atoms. The Morgan fingerprint density at radius 3 is 2.28 bits per heavy atom. The third-order valence-corrected chi connectivity index (χ3v) is 7.77. The Morgan fingerprint density at radius 1 is 0.897 bits per heavy atom. The van der Waals surface area contributed by atoms with E-state index in [1.807, 2.05) is 24.3 Å². The zero-order chi connectivity index (χ0) is 27.7. The van der Waals surface area contributed by atoms with Crippen molar-refractivity contribution in [2.24, 2.45) is 5.10 Å². The Hall–Kier alpha value is -4.34. The number of methoxy groups -OCH3 is 1. The molecular weight excluding hydrogens is 538 g/mol. The van der Waals surface area contributed by atoms with Gasteiger partial charge in [-0.15, -0.1) is 0 Å². The van der Waals surface area contributed by atoms with Gasteiger partial charge in [-0.25, -0.2) is 13.8 Å². The van der Waals surface area contributed by atoms with Crippen molar-refractivity contribution in [3.63, 3.8) is 0 Å². The Morgan fingerprint density at radius 2 is 1.54 bits per heavy atom. The first-order valence-electron chi connectivity index (χ1n) is 11.9. The lowest BCUT2D eigenvalue weighted by Gasteiger charge is -2.25. The van der Waals surface area contributed by atoms with Gasteiger partial charge >= 0.3 is 0 Å². The Bertz CT molecular complexity index is 1560. The molecule has 0 fully saturated rings. The summed E-state index contributed by atoms with van der Waals surface area (Å²) in [6.45, 7) is -0.276. The maximum Gasteiger partial charge on any atom is 0.264 e. The van der Waals surface area contributed by atoms with Gasteiger partial charge in [-0.2, -0.15) is 5.10 Å². The van der Waals surface area contributed by atoms with Crippen LogP contribution in [0, 0.1) is 0 Å². The largest absolute Gasteiger partial charge is 0.495 e. The van der Waals surface area contributed by atoms with Crippen LogP contribution >= 0.6 is 11.6 Å². The van der Waals surface area contributed by atoms with Gasteiger partial charge in [-0.1, -0.05) is 72.3 Å². The number of amides is 1. The molecule has 0 aliphatic rings. The number of hydrogen-bond donors (Lipinski definition) is 1. The first kappa shape index (κ1) is 27.7. The number of halogens is 1. The molecule has 10 heteroatoms. The number of anilines is 1. The van der Waals surface area contributed by atoms with Gasteiger partial charge in [-0.3, -0.25) is 9.10 Å². The molecule has 0 heterocycles. The highest BCUT2D eigenvalue weighted by atomic mass is 35.5. The van der Waals surface area contributed by atoms with Gasteiger partial charge in [0, 0.05) is 16.1 Å². The van der Waals surface area contributed by atoms with Gasteiger partial charge in [0.25, 0.3) is 15.9 Å². The Balaban J connectivity index is 1.51. The van der Waals surface area contributed by atoms with E-state index in [1.54, 1.807) is 66.7 Å². The zero-order valence-electron chi connectivity index (χ0n) is 21.0. The number of hydrogen-bond acceptors (Lipinski definition) is 6. The van der Waals surface area contributed by atoms with Crippen LogP contribution in [0.4, 0.5) is 5.69 Å². The van der Waals surface area contributed by atoms with E-state index >= 15 is 0 Å². The summed E-state index contributed by atoms with van der Waals surface area (Å²) in [5.41, 5.74) is 4.08. The SMILES string of the molecule is COc1ccccc1N(CC(=O)NN=Cc1ccccc1OCc1ccccc1Cl)S(=O)(=O)c1ccccc1. The number of para-hydroxylation sites is 3. The summed E-state index contributed by atoms with van der Waals surface area (Å²) in [6.07, 6.45) is 1.43. The summed E-state index contributed by atoms with van der Waals surface area (Å²) in [6, 6.07) is 29.0. The van der Waals surface area contributed by atoms with Gasteiger partial charge in [0.1, 0.15) is 24.7 Å². The van der Waals surface area contributed by atoms with E-state index in [1.165, 1.54) is 25.5 Å². The molecule has 200 valence electrons. The van der Waals surface area contributed by atoms with Crippen molar-refractivity contribution in [1.82, 2.24) is 5.43 Å². The predicted octanol–water partition coefficient (Wildman–Crippen LogP) is 5.27. The number of carbonyl (C=O) groups excluding carboxylic acids is 1. The molecule has 0 bridgehead atoms. The molecule has 0 unspecified atom stereocenters. The quantitative estimate of drug-likeness (QED) is 0.198. The Labute approximate surface area is 232 Å². The molecule has 39 heavy (non-hydrogen) atoms. The van der Waals surface area contributed by atoms with Crippen LogP contribution < -0.4 is 19.2 Å². The average molecular weight is 564 g/mol.